The molecule has 2 saturated carbocycles. The largest absolute Gasteiger partial charge is 0.481 e. The number of hydrogen-bond acceptors (Lipinski definition) is 2. The molecule has 0 bridgehead atoms. The number of hydrogen-bond donors (Lipinski definition) is 2. The van der Waals surface area contributed by atoms with E-state index in [1.165, 1.54) is 12.8 Å². The Hall–Kier alpha value is -1.06. The van der Waals surface area contributed by atoms with Gasteiger partial charge in [0.15, 0.2) is 0 Å². The third-order valence-corrected chi connectivity index (χ3v) is 2.99. The average molecular weight is 197 g/mol. The van der Waals surface area contributed by atoms with Crippen LogP contribution < -0.4 is 5.32 Å². The van der Waals surface area contributed by atoms with Gasteiger partial charge in [-0.05, 0) is 18.8 Å². The third-order valence-electron chi connectivity index (χ3n) is 2.99. The molecular weight excluding hydrogens is 182 g/mol. The van der Waals surface area contributed by atoms with E-state index in [1.54, 1.807) is 0 Å². The molecule has 0 heterocycles. The maximum Gasteiger partial charge on any atom is 0.307 e. The highest BCUT2D eigenvalue weighted by Gasteiger charge is 2.48. The Morgan fingerprint density at radius 2 is 2.00 bits per heavy atom. The van der Waals surface area contributed by atoms with E-state index in [1.807, 2.05) is 0 Å². The minimum Gasteiger partial charge on any atom is -0.481 e. The van der Waals surface area contributed by atoms with Gasteiger partial charge >= 0.3 is 5.97 Å². The summed E-state index contributed by atoms with van der Waals surface area (Å²) in [5, 5.41) is 11.4. The number of carboxylic acid groups (broad SMARTS) is 1. The Bertz CT molecular complexity index is 260. The van der Waals surface area contributed by atoms with Gasteiger partial charge in [-0.3, -0.25) is 9.59 Å². The molecular formula is C10H15NO3. The number of aliphatic carboxylic acids is 1. The van der Waals surface area contributed by atoms with Crippen LogP contribution in [0.4, 0.5) is 0 Å². The van der Waals surface area contributed by atoms with Crippen LogP contribution in [0.1, 0.15) is 25.7 Å². The normalized spacial score (nSPS) is 29.7. The minimum atomic E-state index is -0.840. The number of carboxylic acids is 1. The molecule has 1 amide bonds. The molecule has 0 spiro atoms. The maximum atomic E-state index is 11.3. The van der Waals surface area contributed by atoms with Crippen molar-refractivity contribution in [2.24, 2.45) is 17.8 Å². The van der Waals surface area contributed by atoms with Gasteiger partial charge in [-0.25, -0.2) is 0 Å². The molecule has 0 radical (unpaired) electrons. The van der Waals surface area contributed by atoms with Gasteiger partial charge in [0.05, 0.1) is 11.8 Å². The Labute approximate surface area is 82.7 Å². The molecule has 2 rings (SSSR count). The lowest BCUT2D eigenvalue weighted by atomic mass is 10.2. The van der Waals surface area contributed by atoms with Crippen LogP contribution in [0.5, 0.6) is 0 Å². The van der Waals surface area contributed by atoms with Gasteiger partial charge in [0.2, 0.25) is 5.91 Å². The molecule has 4 heteroatoms. The van der Waals surface area contributed by atoms with Gasteiger partial charge in [-0.1, -0.05) is 12.8 Å². The third kappa shape index (κ3) is 2.25. The molecule has 0 aliphatic heterocycles. The second-order valence-electron chi connectivity index (χ2n) is 4.31. The Morgan fingerprint density at radius 3 is 2.50 bits per heavy atom. The molecule has 2 aliphatic carbocycles. The molecule has 0 saturated heterocycles. The first-order chi connectivity index (χ1) is 6.68. The molecule has 4 nitrogen and oxygen atoms in total. The fourth-order valence-corrected chi connectivity index (χ4v) is 1.69. The molecule has 2 unspecified atom stereocenters. The van der Waals surface area contributed by atoms with Gasteiger partial charge < -0.3 is 10.4 Å². The number of nitrogens with one attached hydrogen (secondary N) is 1. The van der Waals surface area contributed by atoms with Gasteiger partial charge in [0.1, 0.15) is 0 Å². The monoisotopic (exact) mass is 197 g/mol. The van der Waals surface area contributed by atoms with Crippen LogP contribution in [0.25, 0.3) is 0 Å². The van der Waals surface area contributed by atoms with Gasteiger partial charge in [0.25, 0.3) is 0 Å². The Morgan fingerprint density at radius 1 is 1.29 bits per heavy atom. The summed E-state index contributed by atoms with van der Waals surface area (Å²) < 4.78 is 0. The van der Waals surface area contributed by atoms with E-state index in [4.69, 9.17) is 5.11 Å². The molecule has 0 aromatic rings. The molecule has 2 fully saturated rings. The summed E-state index contributed by atoms with van der Waals surface area (Å²) in [5.41, 5.74) is 0. The molecule has 2 aliphatic rings. The van der Waals surface area contributed by atoms with Crippen molar-refractivity contribution in [3.05, 3.63) is 0 Å². The molecule has 2 atom stereocenters. The lowest BCUT2D eigenvalue weighted by molar-refractivity contribution is -0.140. The van der Waals surface area contributed by atoms with Crippen LogP contribution in [0.15, 0.2) is 0 Å². The number of amides is 1. The lowest BCUT2D eigenvalue weighted by Crippen LogP contribution is -2.27. The molecule has 0 aromatic heterocycles. The molecule has 14 heavy (non-hydrogen) atoms. The standard InChI is InChI=1S/C10H15NO3/c12-9(7-5-8(7)10(13)14)11-4-3-6-1-2-6/h6-8H,1-5H2,(H,11,12)(H,13,14). The van der Waals surface area contributed by atoms with E-state index < -0.39 is 11.9 Å². The maximum absolute atomic E-state index is 11.3. The van der Waals surface area contributed by atoms with Crippen LogP contribution in [0.3, 0.4) is 0 Å². The van der Waals surface area contributed by atoms with Crippen LogP contribution in [0, 0.1) is 17.8 Å². The second kappa shape index (κ2) is 3.59. The van der Waals surface area contributed by atoms with Crippen molar-refractivity contribution < 1.29 is 14.7 Å². The average Bonchev–Trinajstić information content (AvgIpc) is 2.99. The van der Waals surface area contributed by atoms with E-state index in [0.717, 1.165) is 12.3 Å². The van der Waals surface area contributed by atoms with Crippen molar-refractivity contribution in [1.82, 2.24) is 5.32 Å². The van der Waals surface area contributed by atoms with E-state index in [2.05, 4.69) is 5.32 Å². The summed E-state index contributed by atoms with van der Waals surface area (Å²) in [5.74, 6) is -0.780. The quantitative estimate of drug-likeness (QED) is 0.679. The summed E-state index contributed by atoms with van der Waals surface area (Å²) in [6.45, 7) is 0.715. The van der Waals surface area contributed by atoms with Crippen molar-refractivity contribution in [2.75, 3.05) is 6.54 Å². The minimum absolute atomic E-state index is 0.0712. The van der Waals surface area contributed by atoms with E-state index in [9.17, 15) is 9.59 Å². The topological polar surface area (TPSA) is 66.4 Å². The number of carbonyl (C=O) groups is 2. The number of carbonyl (C=O) groups excluding carboxylic acids is 1. The van der Waals surface area contributed by atoms with E-state index in [0.29, 0.717) is 13.0 Å². The van der Waals surface area contributed by atoms with Gasteiger partial charge in [0, 0.05) is 6.54 Å². The zero-order chi connectivity index (χ0) is 10.1. The summed E-state index contributed by atoms with van der Waals surface area (Å²) >= 11 is 0. The SMILES string of the molecule is O=C(O)C1CC1C(=O)NCCC1CC1. The van der Waals surface area contributed by atoms with E-state index >= 15 is 0 Å². The zero-order valence-electron chi connectivity index (χ0n) is 8.03. The van der Waals surface area contributed by atoms with Crippen molar-refractivity contribution in [2.45, 2.75) is 25.7 Å². The van der Waals surface area contributed by atoms with Crippen LogP contribution >= 0.6 is 0 Å². The predicted molar refractivity (Wildman–Crippen MR) is 49.6 cm³/mol. The predicted octanol–water partition coefficient (Wildman–Crippen LogP) is 0.623. The second-order valence-corrected chi connectivity index (χ2v) is 4.31. The first kappa shape index (κ1) is 9.49. The van der Waals surface area contributed by atoms with Crippen LogP contribution in [-0.2, 0) is 9.59 Å². The first-order valence-corrected chi connectivity index (χ1v) is 5.19. The zero-order valence-corrected chi connectivity index (χ0v) is 8.03. The van der Waals surface area contributed by atoms with Crippen molar-refractivity contribution >= 4 is 11.9 Å². The summed E-state index contributed by atoms with van der Waals surface area (Å²) in [7, 11) is 0. The smallest absolute Gasteiger partial charge is 0.307 e. The molecule has 78 valence electrons. The fourth-order valence-electron chi connectivity index (χ4n) is 1.69. The van der Waals surface area contributed by atoms with Crippen LogP contribution in [0.2, 0.25) is 0 Å². The molecule has 0 aromatic carbocycles. The van der Waals surface area contributed by atoms with E-state index in [-0.39, 0.29) is 11.8 Å². The summed E-state index contributed by atoms with van der Waals surface area (Å²) in [6.07, 6.45) is 4.15. The fraction of sp³-hybridized carbons (Fsp3) is 0.800. The Balaban J connectivity index is 1.61. The highest BCUT2D eigenvalue weighted by Crippen LogP contribution is 2.38. The van der Waals surface area contributed by atoms with Crippen molar-refractivity contribution in [3.8, 4) is 0 Å². The molecule has 2 N–H and O–H groups in total. The first-order valence-electron chi connectivity index (χ1n) is 5.19. The Kier molecular flexibility index (Phi) is 2.44. The summed E-state index contributed by atoms with van der Waals surface area (Å²) in [6, 6.07) is 0. The van der Waals surface area contributed by atoms with Crippen LogP contribution in [-0.4, -0.2) is 23.5 Å². The van der Waals surface area contributed by atoms with Crippen molar-refractivity contribution in [3.63, 3.8) is 0 Å². The van der Waals surface area contributed by atoms with Gasteiger partial charge in [-0.2, -0.15) is 0 Å². The van der Waals surface area contributed by atoms with Crippen molar-refractivity contribution in [1.29, 1.82) is 0 Å². The lowest BCUT2D eigenvalue weighted by Gasteiger charge is -2.02. The number of rotatable bonds is 5. The van der Waals surface area contributed by atoms with Gasteiger partial charge in [-0.15, -0.1) is 0 Å². The highest BCUT2D eigenvalue weighted by atomic mass is 16.4. The highest BCUT2D eigenvalue weighted by molar-refractivity contribution is 5.89. The summed E-state index contributed by atoms with van der Waals surface area (Å²) in [4.78, 5) is 21.8.